The molecule has 0 amide bonds. The van der Waals surface area contributed by atoms with Crippen LogP contribution in [-0.4, -0.2) is 36.8 Å². The largest absolute Gasteiger partial charge is 0.373 e. The van der Waals surface area contributed by atoms with Crippen molar-refractivity contribution in [2.45, 2.75) is 37.4 Å². The van der Waals surface area contributed by atoms with Crippen LogP contribution in [0.2, 0.25) is 0 Å². The zero-order valence-electron chi connectivity index (χ0n) is 15.1. The van der Waals surface area contributed by atoms with Gasteiger partial charge in [-0.05, 0) is 31.4 Å². The molecule has 1 saturated heterocycles. The summed E-state index contributed by atoms with van der Waals surface area (Å²) >= 11 is 0. The van der Waals surface area contributed by atoms with Crippen LogP contribution >= 0.6 is 0 Å². The van der Waals surface area contributed by atoms with Crippen LogP contribution in [-0.2, 0) is 21.4 Å². The van der Waals surface area contributed by atoms with Crippen LogP contribution < -0.4 is 0 Å². The average Bonchev–Trinajstić information content (AvgIpc) is 2.67. The van der Waals surface area contributed by atoms with E-state index in [2.05, 4.69) is 0 Å². The van der Waals surface area contributed by atoms with E-state index in [4.69, 9.17) is 4.74 Å². The molecule has 7 nitrogen and oxygen atoms in total. The fraction of sp³-hybridized carbons (Fsp3) is 0.368. The topological polar surface area (TPSA) is 89.8 Å². The summed E-state index contributed by atoms with van der Waals surface area (Å²) in [6.45, 7) is 2.65. The Morgan fingerprint density at radius 1 is 1.11 bits per heavy atom. The SMILES string of the molecule is Cc1c([N+](=O)[O-])cccc1S(=O)(=O)N1CCC(OCc2ccccc2)CC1. The molecule has 144 valence electrons. The van der Waals surface area contributed by atoms with E-state index in [1.807, 2.05) is 30.3 Å². The molecule has 0 aromatic heterocycles. The first kappa shape index (κ1) is 19.5. The van der Waals surface area contributed by atoms with Gasteiger partial charge in [0.15, 0.2) is 0 Å². The number of hydrogen-bond acceptors (Lipinski definition) is 5. The number of nitro benzene ring substituents is 1. The molecule has 0 spiro atoms. The summed E-state index contributed by atoms with van der Waals surface area (Å²) in [5.74, 6) is 0. The van der Waals surface area contributed by atoms with Gasteiger partial charge in [-0.25, -0.2) is 8.42 Å². The van der Waals surface area contributed by atoms with E-state index in [-0.39, 0.29) is 22.3 Å². The third-order valence-electron chi connectivity index (χ3n) is 4.80. The second-order valence-corrected chi connectivity index (χ2v) is 8.46. The summed E-state index contributed by atoms with van der Waals surface area (Å²) in [5.41, 5.74) is 1.07. The lowest BCUT2D eigenvalue weighted by molar-refractivity contribution is -0.385. The molecule has 1 aliphatic rings. The monoisotopic (exact) mass is 390 g/mol. The normalized spacial score (nSPS) is 16.3. The number of hydrogen-bond donors (Lipinski definition) is 0. The van der Waals surface area contributed by atoms with E-state index >= 15 is 0 Å². The van der Waals surface area contributed by atoms with Crippen LogP contribution in [0.25, 0.3) is 0 Å². The molecule has 1 aliphatic heterocycles. The van der Waals surface area contributed by atoms with Crippen LogP contribution in [0.5, 0.6) is 0 Å². The van der Waals surface area contributed by atoms with Crippen molar-refractivity contribution in [2.75, 3.05) is 13.1 Å². The summed E-state index contributed by atoms with van der Waals surface area (Å²) in [5, 5.41) is 11.1. The predicted molar refractivity (Wildman–Crippen MR) is 101 cm³/mol. The maximum Gasteiger partial charge on any atom is 0.273 e. The Hall–Kier alpha value is -2.29. The van der Waals surface area contributed by atoms with Gasteiger partial charge in [0.1, 0.15) is 0 Å². The molecule has 2 aromatic rings. The van der Waals surface area contributed by atoms with Gasteiger partial charge in [0.25, 0.3) is 5.69 Å². The summed E-state index contributed by atoms with van der Waals surface area (Å²) in [4.78, 5) is 10.5. The van der Waals surface area contributed by atoms with Gasteiger partial charge >= 0.3 is 0 Å². The molecule has 0 radical (unpaired) electrons. The Bertz CT molecular complexity index is 907. The van der Waals surface area contributed by atoms with Crippen molar-refractivity contribution in [3.63, 3.8) is 0 Å². The van der Waals surface area contributed by atoms with Crippen molar-refractivity contribution in [1.29, 1.82) is 0 Å². The van der Waals surface area contributed by atoms with Gasteiger partial charge in [0.05, 0.1) is 22.5 Å². The van der Waals surface area contributed by atoms with Crippen LogP contribution in [0.3, 0.4) is 0 Å². The minimum Gasteiger partial charge on any atom is -0.373 e. The Labute approximate surface area is 158 Å². The van der Waals surface area contributed by atoms with Crippen molar-refractivity contribution in [3.05, 3.63) is 69.8 Å². The van der Waals surface area contributed by atoms with Gasteiger partial charge in [-0.15, -0.1) is 0 Å². The molecule has 2 aromatic carbocycles. The average molecular weight is 390 g/mol. The zero-order chi connectivity index (χ0) is 19.4. The van der Waals surface area contributed by atoms with Gasteiger partial charge in [0.2, 0.25) is 10.0 Å². The molecular weight excluding hydrogens is 368 g/mol. The first-order valence-electron chi connectivity index (χ1n) is 8.79. The maximum atomic E-state index is 12.9. The Kier molecular flexibility index (Phi) is 5.88. The zero-order valence-corrected chi connectivity index (χ0v) is 15.9. The quantitative estimate of drug-likeness (QED) is 0.558. The third kappa shape index (κ3) is 4.35. The Morgan fingerprint density at radius 3 is 2.41 bits per heavy atom. The van der Waals surface area contributed by atoms with Crippen molar-refractivity contribution in [3.8, 4) is 0 Å². The Balaban J connectivity index is 1.65. The number of benzene rings is 2. The minimum absolute atomic E-state index is 0.000328. The number of nitrogens with zero attached hydrogens (tertiary/aromatic N) is 2. The lowest BCUT2D eigenvalue weighted by atomic mass is 10.1. The van der Waals surface area contributed by atoms with E-state index in [0.29, 0.717) is 32.5 Å². The molecule has 27 heavy (non-hydrogen) atoms. The van der Waals surface area contributed by atoms with Gasteiger partial charge in [-0.3, -0.25) is 10.1 Å². The first-order chi connectivity index (χ1) is 12.9. The number of piperidine rings is 1. The van der Waals surface area contributed by atoms with Crippen LogP contribution in [0.15, 0.2) is 53.4 Å². The van der Waals surface area contributed by atoms with Crippen LogP contribution in [0.4, 0.5) is 5.69 Å². The van der Waals surface area contributed by atoms with E-state index in [0.717, 1.165) is 5.56 Å². The standard InChI is InChI=1S/C19H22N2O5S/c1-15-18(21(22)23)8-5-9-19(15)27(24,25)20-12-10-17(11-13-20)26-14-16-6-3-2-4-7-16/h2-9,17H,10-14H2,1H3. The highest BCUT2D eigenvalue weighted by molar-refractivity contribution is 7.89. The van der Waals surface area contributed by atoms with Gasteiger partial charge in [0, 0.05) is 24.7 Å². The fourth-order valence-electron chi connectivity index (χ4n) is 3.25. The highest BCUT2D eigenvalue weighted by Crippen LogP contribution is 2.29. The molecule has 3 rings (SSSR count). The maximum absolute atomic E-state index is 12.9. The molecular formula is C19H22N2O5S. The fourth-order valence-corrected chi connectivity index (χ4v) is 4.96. The van der Waals surface area contributed by atoms with Crippen molar-refractivity contribution in [2.24, 2.45) is 0 Å². The minimum atomic E-state index is -3.77. The van der Waals surface area contributed by atoms with Gasteiger partial charge in [-0.1, -0.05) is 36.4 Å². The third-order valence-corrected chi connectivity index (χ3v) is 6.84. The van der Waals surface area contributed by atoms with E-state index in [9.17, 15) is 18.5 Å². The lowest BCUT2D eigenvalue weighted by Gasteiger charge is -2.31. The van der Waals surface area contributed by atoms with E-state index < -0.39 is 14.9 Å². The molecule has 0 bridgehead atoms. The highest BCUT2D eigenvalue weighted by Gasteiger charge is 2.32. The summed E-state index contributed by atoms with van der Waals surface area (Å²) in [6.07, 6.45) is 1.20. The van der Waals surface area contributed by atoms with Crippen LogP contribution in [0, 0.1) is 17.0 Å². The number of ether oxygens (including phenoxy) is 1. The first-order valence-corrected chi connectivity index (χ1v) is 10.2. The molecule has 8 heteroatoms. The van der Waals surface area contributed by atoms with Gasteiger partial charge in [-0.2, -0.15) is 4.31 Å². The van der Waals surface area contributed by atoms with Crippen molar-refractivity contribution >= 4 is 15.7 Å². The van der Waals surface area contributed by atoms with Gasteiger partial charge < -0.3 is 4.74 Å². The van der Waals surface area contributed by atoms with Crippen molar-refractivity contribution < 1.29 is 18.1 Å². The molecule has 0 N–H and O–H groups in total. The smallest absolute Gasteiger partial charge is 0.273 e. The van der Waals surface area contributed by atoms with E-state index in [1.54, 1.807) is 0 Å². The molecule has 1 fully saturated rings. The van der Waals surface area contributed by atoms with Crippen molar-refractivity contribution in [1.82, 2.24) is 4.31 Å². The van der Waals surface area contributed by atoms with Crippen LogP contribution in [0.1, 0.15) is 24.0 Å². The second-order valence-electron chi connectivity index (χ2n) is 6.56. The predicted octanol–water partition coefficient (Wildman–Crippen LogP) is 3.27. The highest BCUT2D eigenvalue weighted by atomic mass is 32.2. The molecule has 1 heterocycles. The number of sulfonamides is 1. The Morgan fingerprint density at radius 2 is 1.78 bits per heavy atom. The summed E-state index contributed by atoms with van der Waals surface area (Å²) in [7, 11) is -3.77. The number of nitro groups is 1. The lowest BCUT2D eigenvalue weighted by Crippen LogP contribution is -2.41. The van der Waals surface area contributed by atoms with E-state index in [1.165, 1.54) is 29.4 Å². The number of rotatable bonds is 6. The summed E-state index contributed by atoms with van der Waals surface area (Å²) < 4.78 is 33.2. The molecule has 0 atom stereocenters. The molecule has 0 saturated carbocycles. The molecule has 0 aliphatic carbocycles. The summed E-state index contributed by atoms with van der Waals surface area (Å²) in [6, 6.07) is 14.0. The molecule has 0 unspecified atom stereocenters. The second kappa shape index (κ2) is 8.16.